The third-order valence-corrected chi connectivity index (χ3v) is 4.95. The summed E-state index contributed by atoms with van der Waals surface area (Å²) in [4.78, 5) is 2.53. The zero-order valence-electron chi connectivity index (χ0n) is 17.6. The minimum atomic E-state index is 0.617. The second kappa shape index (κ2) is 9.61. The van der Waals surface area contributed by atoms with Crippen LogP contribution in [0.5, 0.6) is 5.75 Å². The van der Waals surface area contributed by atoms with Gasteiger partial charge in [0.05, 0.1) is 7.11 Å². The Balaban J connectivity index is 1.74. The summed E-state index contributed by atoms with van der Waals surface area (Å²) < 4.78 is 7.76. The monoisotopic (exact) mass is 376 g/mol. The summed E-state index contributed by atoms with van der Waals surface area (Å²) in [6.45, 7) is 10.5. The molecule has 3 nitrogen and oxygen atoms in total. The smallest absolute Gasteiger partial charge is 0.119 e. The molecule has 0 spiro atoms. The molecule has 0 saturated carbocycles. The molecule has 2 aromatic carbocycles. The largest absolute Gasteiger partial charge is 0.497 e. The lowest BCUT2D eigenvalue weighted by atomic mass is 10.1. The average molecular weight is 377 g/mol. The van der Waals surface area contributed by atoms with Gasteiger partial charge in [0.15, 0.2) is 0 Å². The van der Waals surface area contributed by atoms with Crippen LogP contribution in [0.3, 0.4) is 0 Å². The van der Waals surface area contributed by atoms with Crippen LogP contribution in [0.25, 0.3) is 0 Å². The van der Waals surface area contributed by atoms with E-state index in [9.17, 15) is 0 Å². The molecule has 0 aliphatic heterocycles. The predicted molar refractivity (Wildman–Crippen MR) is 117 cm³/mol. The minimum absolute atomic E-state index is 0.617. The van der Waals surface area contributed by atoms with Crippen molar-refractivity contribution in [1.29, 1.82) is 0 Å². The highest BCUT2D eigenvalue weighted by Gasteiger charge is 2.12. The summed E-state index contributed by atoms with van der Waals surface area (Å²) in [5.41, 5.74) is 5.28. The fraction of sp³-hybridized carbons (Fsp3) is 0.360. The van der Waals surface area contributed by atoms with Gasteiger partial charge in [-0.25, -0.2) is 0 Å². The molecule has 0 unspecified atom stereocenters. The molecular weight excluding hydrogens is 344 g/mol. The van der Waals surface area contributed by atoms with E-state index in [1.54, 1.807) is 7.11 Å². The van der Waals surface area contributed by atoms with E-state index in [0.717, 1.165) is 31.9 Å². The highest BCUT2D eigenvalue weighted by atomic mass is 16.5. The Labute approximate surface area is 169 Å². The van der Waals surface area contributed by atoms with Gasteiger partial charge in [0.2, 0.25) is 0 Å². The van der Waals surface area contributed by atoms with Gasteiger partial charge in [0.1, 0.15) is 5.75 Å². The van der Waals surface area contributed by atoms with Crippen molar-refractivity contribution in [3.63, 3.8) is 0 Å². The maximum Gasteiger partial charge on any atom is 0.119 e. The molecule has 0 radical (unpaired) electrons. The number of hydrogen-bond donors (Lipinski definition) is 0. The molecule has 0 aliphatic rings. The molecule has 28 heavy (non-hydrogen) atoms. The highest BCUT2D eigenvalue weighted by molar-refractivity contribution is 5.28. The van der Waals surface area contributed by atoms with Crippen molar-refractivity contribution in [3.05, 3.63) is 89.2 Å². The average Bonchev–Trinajstić information content (AvgIpc) is 3.10. The summed E-state index contributed by atoms with van der Waals surface area (Å²) in [5, 5.41) is 0. The molecule has 0 aliphatic carbocycles. The minimum Gasteiger partial charge on any atom is -0.497 e. The lowest BCUT2D eigenvalue weighted by molar-refractivity contribution is 0.222. The summed E-state index contributed by atoms with van der Waals surface area (Å²) in [7, 11) is 1.73. The first kappa shape index (κ1) is 20.2. The van der Waals surface area contributed by atoms with Gasteiger partial charge < -0.3 is 9.30 Å². The Kier molecular flexibility index (Phi) is 6.94. The van der Waals surface area contributed by atoms with E-state index < -0.39 is 0 Å². The van der Waals surface area contributed by atoms with E-state index in [1.165, 1.54) is 22.4 Å². The van der Waals surface area contributed by atoms with Crippen LogP contribution in [0.2, 0.25) is 0 Å². The second-order valence-corrected chi connectivity index (χ2v) is 8.03. The molecule has 3 aromatic rings. The Bertz CT molecular complexity index is 864. The molecule has 1 aromatic heterocycles. The first-order valence-electron chi connectivity index (χ1n) is 10.1. The Morgan fingerprint density at radius 1 is 0.929 bits per heavy atom. The maximum absolute atomic E-state index is 5.39. The molecule has 3 rings (SSSR count). The summed E-state index contributed by atoms with van der Waals surface area (Å²) in [6.07, 6.45) is 2.19. The first-order chi connectivity index (χ1) is 13.5. The number of ether oxygens (including phenoxy) is 1. The topological polar surface area (TPSA) is 17.4 Å². The van der Waals surface area contributed by atoms with E-state index in [-0.39, 0.29) is 0 Å². The molecule has 3 heteroatoms. The zero-order valence-corrected chi connectivity index (χ0v) is 17.6. The number of aryl methyl sites for hydroxylation is 1. The lowest BCUT2D eigenvalue weighted by Gasteiger charge is -2.25. The molecule has 1 heterocycles. The van der Waals surface area contributed by atoms with Crippen molar-refractivity contribution in [1.82, 2.24) is 9.47 Å². The number of benzene rings is 2. The SMILES string of the molecule is COc1cccc(CN(Cc2cccn2Cc2ccc(C)cc2)CC(C)C)c1. The van der Waals surface area contributed by atoms with E-state index in [0.29, 0.717) is 5.92 Å². The van der Waals surface area contributed by atoms with Crippen molar-refractivity contribution in [2.24, 2.45) is 5.92 Å². The van der Waals surface area contributed by atoms with Gasteiger partial charge in [-0.1, -0.05) is 55.8 Å². The quantitative estimate of drug-likeness (QED) is 0.490. The molecule has 0 amide bonds. The maximum atomic E-state index is 5.39. The van der Waals surface area contributed by atoms with Gasteiger partial charge in [-0.2, -0.15) is 0 Å². The molecule has 0 saturated heterocycles. The van der Waals surface area contributed by atoms with Crippen molar-refractivity contribution < 1.29 is 4.74 Å². The van der Waals surface area contributed by atoms with Gasteiger partial charge in [0.25, 0.3) is 0 Å². The third kappa shape index (κ3) is 5.74. The van der Waals surface area contributed by atoms with E-state index in [4.69, 9.17) is 4.74 Å². The van der Waals surface area contributed by atoms with E-state index >= 15 is 0 Å². The van der Waals surface area contributed by atoms with Gasteiger partial charge in [0, 0.05) is 38.1 Å². The van der Waals surface area contributed by atoms with Crippen LogP contribution < -0.4 is 4.74 Å². The summed E-state index contributed by atoms with van der Waals surface area (Å²) in [6, 6.07) is 21.6. The number of rotatable bonds is 9. The Morgan fingerprint density at radius 3 is 2.43 bits per heavy atom. The van der Waals surface area contributed by atoms with Crippen molar-refractivity contribution in [2.75, 3.05) is 13.7 Å². The summed E-state index contributed by atoms with van der Waals surface area (Å²) in [5.74, 6) is 1.54. The molecule has 0 N–H and O–H groups in total. The zero-order chi connectivity index (χ0) is 19.9. The standard InChI is InChI=1S/C25H32N2O/c1-20(2)16-26(17-23-7-5-9-25(15-23)28-4)19-24-8-6-14-27(24)18-22-12-10-21(3)11-13-22/h5-15,20H,16-19H2,1-4H3. The van der Waals surface area contributed by atoms with Crippen LogP contribution >= 0.6 is 0 Å². The number of nitrogens with zero attached hydrogens (tertiary/aromatic N) is 2. The van der Waals surface area contributed by atoms with Crippen LogP contribution in [0, 0.1) is 12.8 Å². The van der Waals surface area contributed by atoms with E-state index in [1.807, 2.05) is 6.07 Å². The fourth-order valence-corrected chi connectivity index (χ4v) is 3.60. The van der Waals surface area contributed by atoms with Crippen LogP contribution in [0.4, 0.5) is 0 Å². The van der Waals surface area contributed by atoms with Gasteiger partial charge >= 0.3 is 0 Å². The lowest BCUT2D eigenvalue weighted by Crippen LogP contribution is -2.28. The summed E-state index contributed by atoms with van der Waals surface area (Å²) >= 11 is 0. The van der Waals surface area contributed by atoms with Gasteiger partial charge in [-0.3, -0.25) is 4.90 Å². The third-order valence-electron chi connectivity index (χ3n) is 4.95. The van der Waals surface area contributed by atoms with Crippen LogP contribution in [0.1, 0.15) is 36.2 Å². The number of hydrogen-bond acceptors (Lipinski definition) is 2. The second-order valence-electron chi connectivity index (χ2n) is 8.03. The van der Waals surface area contributed by atoms with Crippen LogP contribution in [-0.4, -0.2) is 23.1 Å². The molecule has 0 fully saturated rings. The van der Waals surface area contributed by atoms with Crippen molar-refractivity contribution >= 4 is 0 Å². The number of aromatic nitrogens is 1. The predicted octanol–water partition coefficient (Wildman–Crippen LogP) is 5.51. The van der Waals surface area contributed by atoms with Crippen LogP contribution in [-0.2, 0) is 19.6 Å². The normalized spacial score (nSPS) is 11.4. The Morgan fingerprint density at radius 2 is 1.71 bits per heavy atom. The first-order valence-corrected chi connectivity index (χ1v) is 10.1. The molecule has 0 bridgehead atoms. The van der Waals surface area contributed by atoms with Crippen molar-refractivity contribution in [3.8, 4) is 5.75 Å². The van der Waals surface area contributed by atoms with E-state index in [2.05, 4.69) is 91.0 Å². The molecule has 148 valence electrons. The number of methoxy groups -OCH3 is 1. The van der Waals surface area contributed by atoms with Gasteiger partial charge in [-0.05, 0) is 48.2 Å². The van der Waals surface area contributed by atoms with Gasteiger partial charge in [-0.15, -0.1) is 0 Å². The fourth-order valence-electron chi connectivity index (χ4n) is 3.60. The molecular formula is C25H32N2O. The highest BCUT2D eigenvalue weighted by Crippen LogP contribution is 2.18. The Hall–Kier alpha value is -2.52. The molecule has 0 atom stereocenters. The van der Waals surface area contributed by atoms with Crippen molar-refractivity contribution in [2.45, 2.75) is 40.4 Å². The van der Waals surface area contributed by atoms with Crippen LogP contribution in [0.15, 0.2) is 66.9 Å².